The van der Waals surface area contributed by atoms with E-state index in [0.717, 1.165) is 18.9 Å². The predicted molar refractivity (Wildman–Crippen MR) is 52.8 cm³/mol. The average molecular weight is 182 g/mol. The van der Waals surface area contributed by atoms with E-state index in [1.807, 2.05) is 0 Å². The van der Waals surface area contributed by atoms with Crippen LogP contribution in [0.1, 0.15) is 33.1 Å². The van der Waals surface area contributed by atoms with Gasteiger partial charge < -0.3 is 10.5 Å². The highest BCUT2D eigenvalue weighted by Gasteiger charge is 2.37. The maximum absolute atomic E-state index is 5.87. The summed E-state index contributed by atoms with van der Waals surface area (Å²) in [7, 11) is 0. The van der Waals surface area contributed by atoms with Crippen LogP contribution in [0.25, 0.3) is 0 Å². The summed E-state index contributed by atoms with van der Waals surface area (Å²) in [6.07, 6.45) is 3.47. The quantitative estimate of drug-likeness (QED) is 0.517. The van der Waals surface area contributed by atoms with E-state index in [2.05, 4.69) is 18.8 Å². The molecule has 0 bridgehead atoms. The fourth-order valence-electron chi connectivity index (χ4n) is 1.76. The van der Waals surface area contributed by atoms with Gasteiger partial charge in [0, 0.05) is 12.5 Å². The number of amidine groups is 1. The number of hydrogen-bond donors (Lipinski definition) is 1. The second-order valence-corrected chi connectivity index (χ2v) is 4.58. The molecule has 0 spiro atoms. The lowest BCUT2D eigenvalue weighted by atomic mass is 10.00. The van der Waals surface area contributed by atoms with E-state index in [1.54, 1.807) is 0 Å². The third-order valence-corrected chi connectivity index (χ3v) is 2.97. The Bertz CT molecular complexity index is 231. The summed E-state index contributed by atoms with van der Waals surface area (Å²) in [5.74, 6) is 1.43. The average Bonchev–Trinajstić information content (AvgIpc) is 2.80. The zero-order valence-electron chi connectivity index (χ0n) is 8.42. The normalized spacial score (nSPS) is 33.7. The molecule has 0 amide bonds. The SMILES string of the molecule is CC1(C)OCCC1N=C(N)C1CC1. The Kier molecular flexibility index (Phi) is 2.06. The highest BCUT2D eigenvalue weighted by Crippen LogP contribution is 2.32. The smallest absolute Gasteiger partial charge is 0.0973 e. The molecule has 0 radical (unpaired) electrons. The van der Waals surface area contributed by atoms with Crippen LogP contribution in [0.3, 0.4) is 0 Å². The Morgan fingerprint density at radius 3 is 2.54 bits per heavy atom. The Morgan fingerprint density at radius 1 is 1.38 bits per heavy atom. The molecule has 1 heterocycles. The molecule has 3 nitrogen and oxygen atoms in total. The zero-order valence-corrected chi connectivity index (χ0v) is 8.42. The van der Waals surface area contributed by atoms with Crippen LogP contribution in [0.4, 0.5) is 0 Å². The molecule has 1 saturated heterocycles. The zero-order chi connectivity index (χ0) is 9.47. The molecule has 2 rings (SSSR count). The fraction of sp³-hybridized carbons (Fsp3) is 0.900. The summed E-state index contributed by atoms with van der Waals surface area (Å²) in [6, 6.07) is 0.271. The molecule has 2 N–H and O–H groups in total. The van der Waals surface area contributed by atoms with Crippen LogP contribution in [0.2, 0.25) is 0 Å². The highest BCUT2D eigenvalue weighted by molar-refractivity contribution is 5.85. The van der Waals surface area contributed by atoms with Crippen molar-refractivity contribution >= 4 is 5.84 Å². The summed E-state index contributed by atoms with van der Waals surface area (Å²) in [5.41, 5.74) is 5.76. The first-order valence-corrected chi connectivity index (χ1v) is 5.07. The van der Waals surface area contributed by atoms with Gasteiger partial charge in [0.1, 0.15) is 0 Å². The van der Waals surface area contributed by atoms with Crippen LogP contribution in [-0.4, -0.2) is 24.1 Å². The third-order valence-electron chi connectivity index (χ3n) is 2.97. The Morgan fingerprint density at radius 2 is 2.08 bits per heavy atom. The van der Waals surface area contributed by atoms with E-state index in [1.165, 1.54) is 12.8 Å². The third kappa shape index (κ3) is 1.85. The van der Waals surface area contributed by atoms with Gasteiger partial charge in [-0.15, -0.1) is 0 Å². The van der Waals surface area contributed by atoms with Crippen molar-refractivity contribution in [3.8, 4) is 0 Å². The lowest BCUT2D eigenvalue weighted by Crippen LogP contribution is -2.32. The molecule has 1 aliphatic carbocycles. The van der Waals surface area contributed by atoms with E-state index in [9.17, 15) is 0 Å². The molecule has 0 aromatic rings. The van der Waals surface area contributed by atoms with E-state index >= 15 is 0 Å². The van der Waals surface area contributed by atoms with Crippen molar-refractivity contribution in [2.45, 2.75) is 44.8 Å². The number of rotatable bonds is 2. The van der Waals surface area contributed by atoms with Crippen molar-refractivity contribution in [2.24, 2.45) is 16.6 Å². The molecule has 1 saturated carbocycles. The second-order valence-electron chi connectivity index (χ2n) is 4.58. The van der Waals surface area contributed by atoms with Gasteiger partial charge in [-0.2, -0.15) is 0 Å². The monoisotopic (exact) mass is 182 g/mol. The Labute approximate surface area is 79.4 Å². The van der Waals surface area contributed by atoms with Gasteiger partial charge in [-0.25, -0.2) is 0 Å². The lowest BCUT2D eigenvalue weighted by molar-refractivity contribution is 0.0287. The lowest BCUT2D eigenvalue weighted by Gasteiger charge is -2.22. The standard InChI is InChI=1S/C10H18N2O/c1-10(2)8(5-6-13-10)12-9(11)7-3-4-7/h7-8H,3-6H2,1-2H3,(H2,11,12). The van der Waals surface area contributed by atoms with Gasteiger partial charge in [0.15, 0.2) is 0 Å². The number of hydrogen-bond acceptors (Lipinski definition) is 2. The maximum Gasteiger partial charge on any atom is 0.0973 e. The van der Waals surface area contributed by atoms with Gasteiger partial charge in [-0.3, -0.25) is 4.99 Å². The van der Waals surface area contributed by atoms with Gasteiger partial charge in [0.05, 0.1) is 17.5 Å². The summed E-state index contributed by atoms with van der Waals surface area (Å²) in [6.45, 7) is 5.00. The van der Waals surface area contributed by atoms with Crippen molar-refractivity contribution in [3.05, 3.63) is 0 Å². The number of nitrogens with two attached hydrogens (primary N) is 1. The van der Waals surface area contributed by atoms with E-state index in [4.69, 9.17) is 10.5 Å². The van der Waals surface area contributed by atoms with Gasteiger partial charge in [0.25, 0.3) is 0 Å². The second kappa shape index (κ2) is 2.98. The fourth-order valence-corrected chi connectivity index (χ4v) is 1.76. The largest absolute Gasteiger partial charge is 0.387 e. The summed E-state index contributed by atoms with van der Waals surface area (Å²) in [5, 5.41) is 0. The summed E-state index contributed by atoms with van der Waals surface area (Å²) < 4.78 is 5.59. The number of ether oxygens (including phenoxy) is 1. The van der Waals surface area contributed by atoms with Crippen LogP contribution < -0.4 is 5.73 Å². The van der Waals surface area contributed by atoms with Gasteiger partial charge in [0.2, 0.25) is 0 Å². The van der Waals surface area contributed by atoms with Crippen molar-refractivity contribution < 1.29 is 4.74 Å². The number of nitrogens with zero attached hydrogens (tertiary/aromatic N) is 1. The molecule has 1 aliphatic heterocycles. The number of aliphatic imine (C=N–C) groups is 1. The molecular weight excluding hydrogens is 164 g/mol. The Balaban J connectivity index is 2.03. The minimum Gasteiger partial charge on any atom is -0.387 e. The molecule has 2 aliphatic rings. The van der Waals surface area contributed by atoms with Gasteiger partial charge >= 0.3 is 0 Å². The molecule has 0 aromatic heterocycles. The molecule has 1 unspecified atom stereocenters. The van der Waals surface area contributed by atoms with Crippen LogP contribution in [0, 0.1) is 5.92 Å². The molecule has 1 atom stereocenters. The first kappa shape index (κ1) is 9.00. The minimum absolute atomic E-state index is 0.112. The van der Waals surface area contributed by atoms with E-state index < -0.39 is 0 Å². The highest BCUT2D eigenvalue weighted by atomic mass is 16.5. The minimum atomic E-state index is -0.112. The molecule has 3 heteroatoms. The molecule has 13 heavy (non-hydrogen) atoms. The van der Waals surface area contributed by atoms with Crippen molar-refractivity contribution in [2.75, 3.05) is 6.61 Å². The van der Waals surface area contributed by atoms with Gasteiger partial charge in [-0.05, 0) is 33.1 Å². The predicted octanol–water partition coefficient (Wildman–Crippen LogP) is 1.32. The van der Waals surface area contributed by atoms with Crippen molar-refractivity contribution in [1.29, 1.82) is 0 Å². The Hall–Kier alpha value is -0.570. The van der Waals surface area contributed by atoms with Crippen LogP contribution >= 0.6 is 0 Å². The van der Waals surface area contributed by atoms with Crippen molar-refractivity contribution in [1.82, 2.24) is 0 Å². The molecule has 74 valence electrons. The van der Waals surface area contributed by atoms with Crippen LogP contribution in [0.15, 0.2) is 4.99 Å². The summed E-state index contributed by atoms with van der Waals surface area (Å²) >= 11 is 0. The maximum atomic E-state index is 5.87. The molecule has 2 fully saturated rings. The van der Waals surface area contributed by atoms with Gasteiger partial charge in [-0.1, -0.05) is 0 Å². The van der Waals surface area contributed by atoms with Crippen LogP contribution in [0.5, 0.6) is 0 Å². The van der Waals surface area contributed by atoms with E-state index in [0.29, 0.717) is 5.92 Å². The topological polar surface area (TPSA) is 47.6 Å². The molecule has 0 aromatic carbocycles. The first-order chi connectivity index (χ1) is 6.09. The first-order valence-electron chi connectivity index (χ1n) is 5.07. The summed E-state index contributed by atoms with van der Waals surface area (Å²) in [4.78, 5) is 4.56. The van der Waals surface area contributed by atoms with E-state index in [-0.39, 0.29) is 11.6 Å². The van der Waals surface area contributed by atoms with Crippen molar-refractivity contribution in [3.63, 3.8) is 0 Å². The molecular formula is C10H18N2O. The van der Waals surface area contributed by atoms with Crippen LogP contribution in [-0.2, 0) is 4.74 Å².